The molecular formula is C22H18N2O4. The fourth-order valence-electron chi connectivity index (χ4n) is 3.65. The third-order valence-corrected chi connectivity index (χ3v) is 4.96. The Morgan fingerprint density at radius 3 is 2.82 bits per heavy atom. The summed E-state index contributed by atoms with van der Waals surface area (Å²) < 4.78 is 7.77. The first-order chi connectivity index (χ1) is 13.5. The summed E-state index contributed by atoms with van der Waals surface area (Å²) in [6.07, 6.45) is 2.89. The first-order valence-corrected chi connectivity index (χ1v) is 8.96. The first kappa shape index (κ1) is 17.7. The van der Waals surface area contributed by atoms with Crippen LogP contribution in [0.15, 0.2) is 42.2 Å². The van der Waals surface area contributed by atoms with Crippen molar-refractivity contribution in [1.29, 1.82) is 5.26 Å². The molecule has 0 saturated carbocycles. The Kier molecular flexibility index (Phi) is 4.28. The Bertz CT molecular complexity index is 1180. The van der Waals surface area contributed by atoms with Gasteiger partial charge in [0.2, 0.25) is 5.78 Å². The summed E-state index contributed by atoms with van der Waals surface area (Å²) in [6, 6.07) is 12.5. The molecule has 0 spiro atoms. The van der Waals surface area contributed by atoms with Crippen LogP contribution in [0, 0.1) is 18.3 Å². The third-order valence-electron chi connectivity index (χ3n) is 4.96. The number of benzene rings is 2. The third kappa shape index (κ3) is 2.78. The molecule has 3 aromatic rings. The molecule has 140 valence electrons. The highest BCUT2D eigenvalue weighted by molar-refractivity contribution is 6.17. The van der Waals surface area contributed by atoms with E-state index in [4.69, 9.17) is 10.00 Å². The van der Waals surface area contributed by atoms with Crippen LogP contribution in [-0.4, -0.2) is 20.6 Å². The molecule has 28 heavy (non-hydrogen) atoms. The standard InChI is InChI=1S/C22H18N2O4/c1-13-16(15-6-2-3-7-17(15)24(13)9-5-4-8-23)12-20-22(27)21-18(26)10-14(25)11-19(21)28-20/h2-3,6-7,10-12,25-26H,4-5,9H2,1H3. The molecule has 0 atom stereocenters. The van der Waals surface area contributed by atoms with Gasteiger partial charge in [-0.25, -0.2) is 0 Å². The van der Waals surface area contributed by atoms with Gasteiger partial charge in [-0.3, -0.25) is 4.79 Å². The molecule has 2 N–H and O–H groups in total. The number of carbonyl (C=O) groups excluding carboxylic acids is 1. The Balaban J connectivity index is 1.81. The predicted octanol–water partition coefficient (Wildman–Crippen LogP) is 4.28. The minimum Gasteiger partial charge on any atom is -0.508 e. The number of rotatable bonds is 4. The number of para-hydroxylation sites is 1. The number of aromatic nitrogens is 1. The second-order valence-corrected chi connectivity index (χ2v) is 6.71. The molecule has 0 unspecified atom stereocenters. The molecule has 6 nitrogen and oxygen atoms in total. The van der Waals surface area contributed by atoms with E-state index in [0.717, 1.165) is 34.6 Å². The van der Waals surface area contributed by atoms with Gasteiger partial charge in [-0.05, 0) is 25.5 Å². The lowest BCUT2D eigenvalue weighted by Crippen LogP contribution is -2.01. The summed E-state index contributed by atoms with van der Waals surface area (Å²) >= 11 is 0. The zero-order valence-corrected chi connectivity index (χ0v) is 15.3. The number of nitriles is 1. The summed E-state index contributed by atoms with van der Waals surface area (Å²) in [5.74, 6) is -0.661. The van der Waals surface area contributed by atoms with E-state index in [0.29, 0.717) is 13.0 Å². The van der Waals surface area contributed by atoms with E-state index in [1.54, 1.807) is 6.08 Å². The van der Waals surface area contributed by atoms with Crippen LogP contribution < -0.4 is 4.74 Å². The molecule has 2 heterocycles. The normalized spacial score (nSPS) is 14.3. The number of hydrogen-bond acceptors (Lipinski definition) is 5. The van der Waals surface area contributed by atoms with E-state index in [2.05, 4.69) is 10.6 Å². The number of hydrogen-bond donors (Lipinski definition) is 2. The van der Waals surface area contributed by atoms with E-state index in [1.807, 2.05) is 31.2 Å². The van der Waals surface area contributed by atoms with Crippen LogP contribution in [0.3, 0.4) is 0 Å². The lowest BCUT2D eigenvalue weighted by atomic mass is 10.1. The van der Waals surface area contributed by atoms with Gasteiger partial charge in [0.15, 0.2) is 5.76 Å². The lowest BCUT2D eigenvalue weighted by molar-refractivity contribution is 0.101. The van der Waals surface area contributed by atoms with E-state index in [9.17, 15) is 15.0 Å². The van der Waals surface area contributed by atoms with Crippen molar-refractivity contribution in [3.63, 3.8) is 0 Å². The van der Waals surface area contributed by atoms with Gasteiger partial charge >= 0.3 is 0 Å². The van der Waals surface area contributed by atoms with E-state index in [1.165, 1.54) is 6.07 Å². The van der Waals surface area contributed by atoms with Crippen LogP contribution in [-0.2, 0) is 6.54 Å². The smallest absolute Gasteiger partial charge is 0.235 e. The first-order valence-electron chi connectivity index (χ1n) is 8.96. The molecule has 0 amide bonds. The van der Waals surface area contributed by atoms with E-state index >= 15 is 0 Å². The number of aromatic hydroxyl groups is 2. The topological polar surface area (TPSA) is 95.5 Å². The fourth-order valence-corrected chi connectivity index (χ4v) is 3.65. The van der Waals surface area contributed by atoms with Crippen molar-refractivity contribution in [2.45, 2.75) is 26.3 Å². The van der Waals surface area contributed by atoms with Crippen molar-refractivity contribution in [2.75, 3.05) is 0 Å². The number of unbranched alkanes of at least 4 members (excludes halogenated alkanes) is 1. The van der Waals surface area contributed by atoms with Crippen LogP contribution in [0.4, 0.5) is 0 Å². The molecule has 0 saturated heterocycles. The summed E-state index contributed by atoms with van der Waals surface area (Å²) in [6.45, 7) is 2.67. The number of carbonyl (C=O) groups is 1. The number of nitrogens with zero attached hydrogens (tertiary/aromatic N) is 2. The summed E-state index contributed by atoms with van der Waals surface area (Å²) in [5, 5.41) is 29.4. The highest BCUT2D eigenvalue weighted by Gasteiger charge is 2.31. The van der Waals surface area contributed by atoms with Crippen molar-refractivity contribution in [2.24, 2.45) is 0 Å². The number of phenols is 2. The van der Waals surface area contributed by atoms with Gasteiger partial charge < -0.3 is 19.5 Å². The van der Waals surface area contributed by atoms with Gasteiger partial charge in [0.25, 0.3) is 0 Å². The minimum atomic E-state index is -0.423. The average Bonchev–Trinajstić information content (AvgIpc) is 3.11. The maximum absolute atomic E-state index is 12.7. The van der Waals surface area contributed by atoms with Gasteiger partial charge in [0.05, 0.1) is 6.07 Å². The van der Waals surface area contributed by atoms with E-state index < -0.39 is 5.78 Å². The highest BCUT2D eigenvalue weighted by atomic mass is 16.5. The molecule has 0 radical (unpaired) electrons. The number of phenolic OH excluding ortho intramolecular Hbond substituents is 2. The SMILES string of the molecule is Cc1c(C=C2Oc3cc(O)cc(O)c3C2=O)c2ccccc2n1CCCC#N. The van der Waals surface area contributed by atoms with Gasteiger partial charge in [-0.1, -0.05) is 18.2 Å². The Hall–Kier alpha value is -3.72. The molecule has 1 aliphatic heterocycles. The van der Waals surface area contributed by atoms with Crippen LogP contribution in [0.1, 0.15) is 34.5 Å². The van der Waals surface area contributed by atoms with Gasteiger partial charge in [-0.2, -0.15) is 5.26 Å². The maximum Gasteiger partial charge on any atom is 0.235 e. The second-order valence-electron chi connectivity index (χ2n) is 6.71. The number of allylic oxidation sites excluding steroid dienone is 1. The Labute approximate surface area is 161 Å². The van der Waals surface area contributed by atoms with Gasteiger partial charge in [0.1, 0.15) is 22.8 Å². The van der Waals surface area contributed by atoms with E-state index in [-0.39, 0.29) is 28.6 Å². The molecule has 0 aliphatic carbocycles. The maximum atomic E-state index is 12.7. The van der Waals surface area contributed by atoms with Crippen LogP contribution >= 0.6 is 0 Å². The lowest BCUT2D eigenvalue weighted by Gasteiger charge is -2.06. The number of ether oxygens (including phenoxy) is 1. The molecular weight excluding hydrogens is 356 g/mol. The second kappa shape index (κ2) is 6.78. The highest BCUT2D eigenvalue weighted by Crippen LogP contribution is 2.41. The molecule has 6 heteroatoms. The quantitative estimate of drug-likeness (QED) is 0.525. The zero-order chi connectivity index (χ0) is 19.8. The molecule has 1 aromatic heterocycles. The van der Waals surface area contributed by atoms with Gasteiger partial charge in [0, 0.05) is 47.3 Å². The number of aryl methyl sites for hydroxylation is 1. The van der Waals surface area contributed by atoms with Gasteiger partial charge in [-0.15, -0.1) is 0 Å². The van der Waals surface area contributed by atoms with Crippen LogP contribution in [0.5, 0.6) is 17.2 Å². The average molecular weight is 374 g/mol. The van der Waals surface area contributed by atoms with Crippen molar-refractivity contribution < 1.29 is 19.7 Å². The van der Waals surface area contributed by atoms with Crippen molar-refractivity contribution in [1.82, 2.24) is 4.57 Å². The predicted molar refractivity (Wildman–Crippen MR) is 104 cm³/mol. The van der Waals surface area contributed by atoms with Crippen LogP contribution in [0.25, 0.3) is 17.0 Å². The van der Waals surface area contributed by atoms with Crippen molar-refractivity contribution >= 4 is 22.8 Å². The van der Waals surface area contributed by atoms with Crippen molar-refractivity contribution in [3.8, 4) is 23.3 Å². The fraction of sp³-hybridized carbons (Fsp3) is 0.182. The summed E-state index contributed by atoms with van der Waals surface area (Å²) in [5.41, 5.74) is 2.89. The largest absolute Gasteiger partial charge is 0.508 e. The molecule has 1 aliphatic rings. The Morgan fingerprint density at radius 2 is 2.04 bits per heavy atom. The molecule has 2 aromatic carbocycles. The zero-order valence-electron chi connectivity index (χ0n) is 15.3. The van der Waals surface area contributed by atoms with Crippen molar-refractivity contribution in [3.05, 3.63) is 59.0 Å². The van der Waals surface area contributed by atoms with Crippen LogP contribution in [0.2, 0.25) is 0 Å². The number of fused-ring (bicyclic) bond motifs is 2. The molecule has 0 fully saturated rings. The monoisotopic (exact) mass is 374 g/mol. The molecule has 0 bridgehead atoms. The summed E-state index contributed by atoms with van der Waals surface area (Å²) in [7, 11) is 0. The summed E-state index contributed by atoms with van der Waals surface area (Å²) in [4.78, 5) is 12.7. The molecule has 4 rings (SSSR count). The Morgan fingerprint density at radius 1 is 1.25 bits per heavy atom. The number of ketones is 1. The number of Topliss-reactive ketones (excluding diaryl/α,β-unsaturated/α-hetero) is 1. The minimum absolute atomic E-state index is 0.0551.